The Kier molecular flexibility index (Phi) is 4.27. The number of piperidine rings is 1. The lowest BCUT2D eigenvalue weighted by Gasteiger charge is -2.36. The maximum Gasteiger partial charge on any atom is 0.240 e. The van der Waals surface area contributed by atoms with Gasteiger partial charge in [-0.2, -0.15) is 0 Å². The van der Waals surface area contributed by atoms with Crippen molar-refractivity contribution < 1.29 is 4.79 Å². The summed E-state index contributed by atoms with van der Waals surface area (Å²) in [6, 6.07) is 4.99. The number of primary amides is 1. The fourth-order valence-electron chi connectivity index (χ4n) is 2.47. The minimum Gasteiger partial charge on any atom is -0.389 e. The first kappa shape index (κ1) is 14.1. The molecule has 0 radical (unpaired) electrons. The van der Waals surface area contributed by atoms with E-state index in [1.807, 2.05) is 4.90 Å². The molecule has 1 heterocycles. The number of nitrogens with two attached hydrogens (primary N) is 2. The van der Waals surface area contributed by atoms with E-state index in [0.29, 0.717) is 10.0 Å². The molecule has 102 valence electrons. The predicted molar refractivity (Wildman–Crippen MR) is 81.5 cm³/mol. The molecule has 2 rings (SSSR count). The molecule has 1 unspecified atom stereocenters. The average molecular weight is 298 g/mol. The summed E-state index contributed by atoms with van der Waals surface area (Å²) in [5.74, 6) is -0.325. The van der Waals surface area contributed by atoms with Crippen LogP contribution in [0.5, 0.6) is 0 Å². The lowest BCUT2D eigenvalue weighted by molar-refractivity contribution is -0.119. The molecule has 1 atom stereocenters. The Morgan fingerprint density at radius 3 is 2.74 bits per heavy atom. The number of hydrogen-bond acceptors (Lipinski definition) is 3. The number of anilines is 1. The largest absolute Gasteiger partial charge is 0.389 e. The van der Waals surface area contributed by atoms with Crippen molar-refractivity contribution in [1.82, 2.24) is 0 Å². The molecule has 0 aromatic heterocycles. The van der Waals surface area contributed by atoms with Crippen LogP contribution in [-0.4, -0.2) is 23.5 Å². The van der Waals surface area contributed by atoms with Gasteiger partial charge in [0.15, 0.2) is 0 Å². The molecule has 0 saturated carbocycles. The number of halogens is 1. The quantitative estimate of drug-likeness (QED) is 0.835. The highest BCUT2D eigenvalue weighted by molar-refractivity contribution is 7.80. The maximum atomic E-state index is 11.6. The van der Waals surface area contributed by atoms with Crippen molar-refractivity contribution in [2.24, 2.45) is 11.5 Å². The van der Waals surface area contributed by atoms with Crippen LogP contribution < -0.4 is 16.4 Å². The van der Waals surface area contributed by atoms with Crippen molar-refractivity contribution in [1.29, 1.82) is 0 Å². The van der Waals surface area contributed by atoms with Gasteiger partial charge in [-0.25, -0.2) is 0 Å². The van der Waals surface area contributed by atoms with E-state index in [2.05, 4.69) is 0 Å². The summed E-state index contributed by atoms with van der Waals surface area (Å²) in [7, 11) is 0. The smallest absolute Gasteiger partial charge is 0.240 e. The van der Waals surface area contributed by atoms with Crippen molar-refractivity contribution in [2.45, 2.75) is 25.3 Å². The van der Waals surface area contributed by atoms with Crippen molar-refractivity contribution in [3.8, 4) is 0 Å². The van der Waals surface area contributed by atoms with Gasteiger partial charge in [0.25, 0.3) is 0 Å². The Hall–Kier alpha value is -1.33. The predicted octanol–water partition coefficient (Wildman–Crippen LogP) is 1.82. The monoisotopic (exact) mass is 297 g/mol. The number of amides is 1. The van der Waals surface area contributed by atoms with Crippen LogP contribution in [-0.2, 0) is 4.79 Å². The van der Waals surface area contributed by atoms with Crippen molar-refractivity contribution >= 4 is 40.4 Å². The second-order valence-corrected chi connectivity index (χ2v) is 5.51. The zero-order chi connectivity index (χ0) is 14.0. The first-order chi connectivity index (χ1) is 9.00. The van der Waals surface area contributed by atoms with Crippen LogP contribution in [0.15, 0.2) is 18.2 Å². The van der Waals surface area contributed by atoms with Gasteiger partial charge in [-0.05, 0) is 37.5 Å². The minimum atomic E-state index is -0.325. The van der Waals surface area contributed by atoms with E-state index < -0.39 is 0 Å². The minimum absolute atomic E-state index is 0.292. The fraction of sp³-hybridized carbons (Fsp3) is 0.385. The summed E-state index contributed by atoms with van der Waals surface area (Å²) >= 11 is 11.1. The van der Waals surface area contributed by atoms with E-state index in [0.717, 1.165) is 37.1 Å². The number of carbonyl (C=O) groups is 1. The third kappa shape index (κ3) is 2.98. The van der Waals surface area contributed by atoms with Crippen LogP contribution in [0.1, 0.15) is 24.8 Å². The van der Waals surface area contributed by atoms with E-state index in [9.17, 15) is 4.79 Å². The Labute approximate surface area is 122 Å². The van der Waals surface area contributed by atoms with E-state index in [4.69, 9.17) is 35.3 Å². The molecule has 1 aromatic carbocycles. The molecule has 4 nitrogen and oxygen atoms in total. The third-order valence-electron chi connectivity index (χ3n) is 3.37. The van der Waals surface area contributed by atoms with Gasteiger partial charge < -0.3 is 16.4 Å². The highest BCUT2D eigenvalue weighted by atomic mass is 35.5. The molecular formula is C13H16ClN3OS. The zero-order valence-electron chi connectivity index (χ0n) is 10.4. The topological polar surface area (TPSA) is 72.4 Å². The number of nitrogens with zero attached hydrogens (tertiary/aromatic N) is 1. The molecule has 0 spiro atoms. The Bertz CT molecular complexity index is 521. The van der Waals surface area contributed by atoms with Gasteiger partial charge in [0, 0.05) is 22.8 Å². The van der Waals surface area contributed by atoms with Crippen LogP contribution in [0.25, 0.3) is 0 Å². The molecule has 1 amide bonds. The molecule has 4 N–H and O–H groups in total. The molecule has 1 aromatic rings. The molecule has 19 heavy (non-hydrogen) atoms. The Balaban J connectivity index is 2.46. The van der Waals surface area contributed by atoms with Crippen LogP contribution in [0.3, 0.4) is 0 Å². The number of benzene rings is 1. The lowest BCUT2D eigenvalue weighted by atomic mass is 9.99. The van der Waals surface area contributed by atoms with Crippen LogP contribution >= 0.6 is 23.8 Å². The summed E-state index contributed by atoms with van der Waals surface area (Å²) in [6.07, 6.45) is 2.75. The Morgan fingerprint density at radius 2 is 2.11 bits per heavy atom. The van der Waals surface area contributed by atoms with Gasteiger partial charge in [-0.1, -0.05) is 23.8 Å². The van der Waals surface area contributed by atoms with Crippen LogP contribution in [0.4, 0.5) is 5.69 Å². The summed E-state index contributed by atoms with van der Waals surface area (Å²) in [4.78, 5) is 13.8. The van der Waals surface area contributed by atoms with Crippen molar-refractivity contribution in [2.75, 3.05) is 11.4 Å². The van der Waals surface area contributed by atoms with Gasteiger partial charge >= 0.3 is 0 Å². The summed E-state index contributed by atoms with van der Waals surface area (Å²) in [5.41, 5.74) is 12.7. The van der Waals surface area contributed by atoms with Gasteiger partial charge in [-0.15, -0.1) is 0 Å². The first-order valence-corrected chi connectivity index (χ1v) is 6.94. The molecule has 1 fully saturated rings. The molecule has 0 aliphatic carbocycles. The normalized spacial score (nSPS) is 19.2. The van der Waals surface area contributed by atoms with Crippen molar-refractivity contribution in [3.05, 3.63) is 28.8 Å². The third-order valence-corrected chi connectivity index (χ3v) is 3.82. The number of carbonyl (C=O) groups excluding carboxylic acids is 1. The first-order valence-electron chi connectivity index (χ1n) is 6.16. The number of thiocarbonyl (C=S) groups is 1. The second kappa shape index (κ2) is 5.75. The van der Waals surface area contributed by atoms with Crippen molar-refractivity contribution in [3.63, 3.8) is 0 Å². The summed E-state index contributed by atoms with van der Waals surface area (Å²) < 4.78 is 0. The van der Waals surface area contributed by atoms with E-state index in [1.165, 1.54) is 0 Å². The van der Waals surface area contributed by atoms with Crippen LogP contribution in [0.2, 0.25) is 5.02 Å². The molecule has 1 saturated heterocycles. The molecular weight excluding hydrogens is 282 g/mol. The fourth-order valence-corrected chi connectivity index (χ4v) is 2.81. The molecule has 1 aliphatic heterocycles. The lowest BCUT2D eigenvalue weighted by Crippen LogP contribution is -2.48. The highest BCUT2D eigenvalue weighted by Gasteiger charge is 2.28. The highest BCUT2D eigenvalue weighted by Crippen LogP contribution is 2.30. The maximum absolute atomic E-state index is 11.6. The molecule has 6 heteroatoms. The number of hydrogen-bond donors (Lipinski definition) is 2. The summed E-state index contributed by atoms with van der Waals surface area (Å²) in [5, 5.41) is 0.587. The second-order valence-electron chi connectivity index (χ2n) is 4.63. The zero-order valence-corrected chi connectivity index (χ0v) is 12.0. The Morgan fingerprint density at radius 1 is 1.37 bits per heavy atom. The van der Waals surface area contributed by atoms with E-state index in [1.54, 1.807) is 18.2 Å². The van der Waals surface area contributed by atoms with E-state index >= 15 is 0 Å². The number of rotatable bonds is 3. The molecule has 1 aliphatic rings. The van der Waals surface area contributed by atoms with E-state index in [-0.39, 0.29) is 11.9 Å². The molecule has 0 bridgehead atoms. The van der Waals surface area contributed by atoms with Gasteiger partial charge in [0.05, 0.1) is 0 Å². The van der Waals surface area contributed by atoms with Gasteiger partial charge in [-0.3, -0.25) is 4.79 Å². The SMILES string of the molecule is NC(=O)C1CCCCN1c1cc(Cl)ccc1C(N)=S. The van der Waals surface area contributed by atoms with Crippen LogP contribution in [0, 0.1) is 0 Å². The van der Waals surface area contributed by atoms with Gasteiger partial charge in [0.1, 0.15) is 11.0 Å². The summed E-state index contributed by atoms with van der Waals surface area (Å²) in [6.45, 7) is 0.754. The standard InChI is InChI=1S/C13H16ClN3OS/c14-8-4-5-9(13(16)19)11(7-8)17-6-2-1-3-10(17)12(15)18/h4-5,7,10H,1-3,6H2,(H2,15,18)(H2,16,19). The average Bonchev–Trinajstić information content (AvgIpc) is 2.38. The van der Waals surface area contributed by atoms with Gasteiger partial charge in [0.2, 0.25) is 5.91 Å².